The molecule has 1 N–H and O–H groups in total. The van der Waals surface area contributed by atoms with Crippen molar-refractivity contribution in [2.75, 3.05) is 45.2 Å². The number of aliphatic hydroxyl groups is 1. The van der Waals surface area contributed by atoms with Gasteiger partial charge in [0.25, 0.3) is 0 Å². The molecule has 0 bridgehead atoms. The van der Waals surface area contributed by atoms with E-state index in [1.165, 1.54) is 0 Å². The summed E-state index contributed by atoms with van der Waals surface area (Å²) in [6, 6.07) is 1.88. The van der Waals surface area contributed by atoms with Crippen LogP contribution in [-0.2, 0) is 6.54 Å². The normalized spacial score (nSPS) is 16.1. The smallest absolute Gasteiger partial charge is 0.131 e. The predicted molar refractivity (Wildman–Crippen MR) is 113 cm³/mol. The molecule has 0 unspecified atom stereocenters. The number of rotatable bonds is 5. The third kappa shape index (κ3) is 5.26. The molecule has 2 aromatic heterocycles. The Balaban J connectivity index is 1.76. The highest BCUT2D eigenvalue weighted by molar-refractivity contribution is 6.29. The van der Waals surface area contributed by atoms with Crippen LogP contribution in [-0.4, -0.2) is 65.1 Å². The summed E-state index contributed by atoms with van der Waals surface area (Å²) < 4.78 is 1.91. The van der Waals surface area contributed by atoms with E-state index in [9.17, 15) is 5.11 Å². The average molecular weight is 402 g/mol. The molecule has 7 heteroatoms. The molecule has 1 aliphatic rings. The number of anilines is 1. The highest BCUT2D eigenvalue weighted by Crippen LogP contribution is 2.34. The molecule has 0 spiro atoms. The topological polar surface area (TPSA) is 57.4 Å². The molecule has 0 atom stereocenters. The Morgan fingerprint density at radius 3 is 2.68 bits per heavy atom. The van der Waals surface area contributed by atoms with Crippen molar-refractivity contribution >= 4 is 17.3 Å². The summed E-state index contributed by atoms with van der Waals surface area (Å²) in [5.74, 6) is 6.44. The zero-order valence-corrected chi connectivity index (χ0v) is 17.6. The summed E-state index contributed by atoms with van der Waals surface area (Å²) in [5.41, 5.74) is 2.75. The van der Waals surface area contributed by atoms with Crippen molar-refractivity contribution in [3.63, 3.8) is 0 Å². The van der Waals surface area contributed by atoms with Gasteiger partial charge in [0.2, 0.25) is 0 Å². The minimum absolute atomic E-state index is 0.000304. The van der Waals surface area contributed by atoms with E-state index < -0.39 is 0 Å². The number of halogens is 1. The summed E-state index contributed by atoms with van der Waals surface area (Å²) in [6.07, 6.45) is 7.37. The molecule has 28 heavy (non-hydrogen) atoms. The summed E-state index contributed by atoms with van der Waals surface area (Å²) in [6.45, 7) is 5.87. The van der Waals surface area contributed by atoms with Crippen LogP contribution in [0.3, 0.4) is 0 Å². The third-order valence-electron chi connectivity index (χ3n) is 5.29. The summed E-state index contributed by atoms with van der Waals surface area (Å²) in [7, 11) is 4.09. The molecule has 3 heterocycles. The van der Waals surface area contributed by atoms with Gasteiger partial charge in [0.05, 0.1) is 29.6 Å². The van der Waals surface area contributed by atoms with Crippen molar-refractivity contribution in [2.24, 2.45) is 5.41 Å². The van der Waals surface area contributed by atoms with Crippen LogP contribution in [0.5, 0.6) is 0 Å². The third-order valence-corrected chi connectivity index (χ3v) is 5.50. The van der Waals surface area contributed by atoms with Gasteiger partial charge >= 0.3 is 0 Å². The van der Waals surface area contributed by atoms with Gasteiger partial charge in [-0.15, -0.1) is 0 Å². The van der Waals surface area contributed by atoms with Crippen molar-refractivity contribution in [1.29, 1.82) is 0 Å². The van der Waals surface area contributed by atoms with Gasteiger partial charge in [-0.05, 0) is 32.4 Å². The van der Waals surface area contributed by atoms with Crippen LogP contribution in [0.1, 0.15) is 30.9 Å². The van der Waals surface area contributed by atoms with E-state index in [1.807, 2.05) is 31.0 Å². The standard InChI is InChI=1S/C21H28ClN5O/c1-21(16-28)6-8-26(9-7-21)19-12-20(22)23-14-18(19)5-4-17-13-24-27(15-17)11-10-25(2)3/h12-15,28H,6-11,16H2,1-3H3. The lowest BCUT2D eigenvalue weighted by Crippen LogP contribution is -2.40. The van der Waals surface area contributed by atoms with Crippen LogP contribution in [0.2, 0.25) is 5.15 Å². The minimum Gasteiger partial charge on any atom is -0.396 e. The van der Waals surface area contributed by atoms with Crippen LogP contribution in [0, 0.1) is 17.3 Å². The Kier molecular flexibility index (Phi) is 6.61. The Hall–Kier alpha value is -2.07. The number of hydrogen-bond donors (Lipinski definition) is 1. The fourth-order valence-corrected chi connectivity index (χ4v) is 3.37. The van der Waals surface area contributed by atoms with E-state index in [0.29, 0.717) is 5.15 Å². The first kappa shape index (κ1) is 20.7. The van der Waals surface area contributed by atoms with E-state index in [1.54, 1.807) is 12.4 Å². The van der Waals surface area contributed by atoms with Crippen LogP contribution in [0.25, 0.3) is 0 Å². The monoisotopic (exact) mass is 401 g/mol. The highest BCUT2D eigenvalue weighted by atomic mass is 35.5. The minimum atomic E-state index is 0.000304. The molecular formula is C21H28ClN5O. The van der Waals surface area contributed by atoms with Crippen molar-refractivity contribution in [1.82, 2.24) is 19.7 Å². The molecular weight excluding hydrogens is 374 g/mol. The van der Waals surface area contributed by atoms with Crippen LogP contribution in [0.15, 0.2) is 24.7 Å². The van der Waals surface area contributed by atoms with Crippen LogP contribution < -0.4 is 4.90 Å². The van der Waals surface area contributed by atoms with E-state index in [0.717, 1.165) is 55.8 Å². The SMILES string of the molecule is CN(C)CCn1cc(C#Cc2cnc(Cl)cc2N2CCC(C)(CO)CC2)cn1. The molecule has 0 saturated carbocycles. The second-order valence-corrected chi connectivity index (χ2v) is 8.41. The van der Waals surface area contributed by atoms with Gasteiger partial charge in [-0.2, -0.15) is 5.10 Å². The van der Waals surface area contributed by atoms with E-state index in [2.05, 4.69) is 38.6 Å². The second-order valence-electron chi connectivity index (χ2n) is 8.03. The molecule has 0 amide bonds. The lowest BCUT2D eigenvalue weighted by atomic mass is 9.81. The quantitative estimate of drug-likeness (QED) is 0.616. The Bertz CT molecular complexity index is 859. The van der Waals surface area contributed by atoms with Crippen molar-refractivity contribution < 1.29 is 5.11 Å². The van der Waals surface area contributed by atoms with Gasteiger partial charge in [0.15, 0.2) is 0 Å². The number of aromatic nitrogens is 3. The molecule has 150 valence electrons. The lowest BCUT2D eigenvalue weighted by molar-refractivity contribution is 0.115. The maximum absolute atomic E-state index is 9.60. The number of piperidine rings is 1. The Morgan fingerprint density at radius 2 is 2.00 bits per heavy atom. The van der Waals surface area contributed by atoms with E-state index in [4.69, 9.17) is 11.6 Å². The molecule has 1 saturated heterocycles. The maximum atomic E-state index is 9.60. The number of nitrogens with zero attached hydrogens (tertiary/aromatic N) is 5. The molecule has 2 aromatic rings. The highest BCUT2D eigenvalue weighted by Gasteiger charge is 2.30. The first-order valence-electron chi connectivity index (χ1n) is 9.59. The Morgan fingerprint density at radius 1 is 1.25 bits per heavy atom. The fraction of sp³-hybridized carbons (Fsp3) is 0.524. The number of pyridine rings is 1. The van der Waals surface area contributed by atoms with Crippen LogP contribution in [0.4, 0.5) is 5.69 Å². The molecule has 0 aromatic carbocycles. The van der Waals surface area contributed by atoms with E-state index in [-0.39, 0.29) is 12.0 Å². The van der Waals surface area contributed by atoms with Crippen LogP contribution >= 0.6 is 11.6 Å². The van der Waals surface area contributed by atoms with E-state index >= 15 is 0 Å². The Labute approximate surface area is 172 Å². The number of likely N-dealkylation sites (N-methyl/N-ethyl adjacent to an activating group) is 1. The zero-order valence-electron chi connectivity index (χ0n) is 16.8. The van der Waals surface area contributed by atoms with Gasteiger partial charge in [0.1, 0.15) is 5.15 Å². The molecule has 0 radical (unpaired) electrons. The fourth-order valence-electron chi connectivity index (χ4n) is 3.22. The summed E-state index contributed by atoms with van der Waals surface area (Å²) in [5, 5.41) is 14.4. The number of aliphatic hydroxyl groups excluding tert-OH is 1. The predicted octanol–water partition coefficient (Wildman–Crippen LogP) is 2.49. The number of hydrogen-bond acceptors (Lipinski definition) is 5. The molecule has 0 aliphatic carbocycles. The average Bonchev–Trinajstić information content (AvgIpc) is 3.14. The van der Waals surface area contributed by atoms with Gasteiger partial charge < -0.3 is 14.9 Å². The second kappa shape index (κ2) is 8.95. The zero-order chi connectivity index (χ0) is 20.1. The molecule has 6 nitrogen and oxygen atoms in total. The lowest BCUT2D eigenvalue weighted by Gasteiger charge is -2.39. The largest absolute Gasteiger partial charge is 0.396 e. The molecule has 3 rings (SSSR count). The van der Waals surface area contributed by atoms with Crippen molar-refractivity contribution in [3.05, 3.63) is 40.9 Å². The molecule has 1 fully saturated rings. The van der Waals surface area contributed by atoms with Gasteiger partial charge in [-0.1, -0.05) is 30.4 Å². The van der Waals surface area contributed by atoms with Gasteiger partial charge in [-0.25, -0.2) is 4.98 Å². The first-order valence-corrected chi connectivity index (χ1v) is 9.97. The first-order chi connectivity index (χ1) is 13.4. The summed E-state index contributed by atoms with van der Waals surface area (Å²) in [4.78, 5) is 8.63. The summed E-state index contributed by atoms with van der Waals surface area (Å²) >= 11 is 6.16. The van der Waals surface area contributed by atoms with Crippen molar-refractivity contribution in [2.45, 2.75) is 26.3 Å². The van der Waals surface area contributed by atoms with Gasteiger partial charge in [0, 0.05) is 44.7 Å². The van der Waals surface area contributed by atoms with Crippen molar-refractivity contribution in [3.8, 4) is 11.8 Å². The molecule has 1 aliphatic heterocycles. The maximum Gasteiger partial charge on any atom is 0.131 e. The van der Waals surface area contributed by atoms with Gasteiger partial charge in [-0.3, -0.25) is 4.68 Å².